The minimum atomic E-state index is 0.218. The highest BCUT2D eigenvalue weighted by molar-refractivity contribution is 4.79. The molecule has 0 aromatic carbocycles. The number of nitrogens with zero attached hydrogens (tertiary/aromatic N) is 2. The standard InChI is InChI=1S/C9H20N2O2/c1-10-4-5-11(3-2-6-12)9(7-10)8-13/h9,12-13H,2-8H2,1H3/t9-/m1/s1. The third kappa shape index (κ3) is 3.23. The zero-order valence-electron chi connectivity index (χ0n) is 8.32. The van der Waals surface area contributed by atoms with Crippen LogP contribution in [0.1, 0.15) is 6.42 Å². The molecule has 0 spiro atoms. The second kappa shape index (κ2) is 5.54. The molecule has 0 amide bonds. The van der Waals surface area contributed by atoms with E-state index < -0.39 is 0 Å². The van der Waals surface area contributed by atoms with Crippen LogP contribution in [0.15, 0.2) is 0 Å². The fourth-order valence-corrected chi connectivity index (χ4v) is 1.79. The molecule has 2 N–H and O–H groups in total. The van der Waals surface area contributed by atoms with Gasteiger partial charge in [0, 0.05) is 38.8 Å². The van der Waals surface area contributed by atoms with Crippen LogP contribution in [-0.4, -0.2) is 72.5 Å². The highest BCUT2D eigenvalue weighted by Gasteiger charge is 2.23. The Bertz CT molecular complexity index is 142. The maximum absolute atomic E-state index is 9.15. The van der Waals surface area contributed by atoms with E-state index >= 15 is 0 Å². The summed E-state index contributed by atoms with van der Waals surface area (Å²) in [6.07, 6.45) is 0.806. The van der Waals surface area contributed by atoms with Gasteiger partial charge in [0.15, 0.2) is 0 Å². The van der Waals surface area contributed by atoms with Gasteiger partial charge in [0.05, 0.1) is 6.61 Å². The molecule has 0 aromatic rings. The Morgan fingerprint density at radius 2 is 2.08 bits per heavy atom. The number of likely N-dealkylation sites (N-methyl/N-ethyl adjacent to an activating group) is 1. The van der Waals surface area contributed by atoms with Gasteiger partial charge in [-0.25, -0.2) is 0 Å². The highest BCUT2D eigenvalue weighted by Crippen LogP contribution is 2.07. The number of hydrogen-bond acceptors (Lipinski definition) is 4. The van der Waals surface area contributed by atoms with Crippen LogP contribution in [-0.2, 0) is 0 Å². The van der Waals surface area contributed by atoms with Gasteiger partial charge in [0.25, 0.3) is 0 Å². The van der Waals surface area contributed by atoms with Gasteiger partial charge >= 0.3 is 0 Å². The number of aliphatic hydroxyl groups excluding tert-OH is 2. The Morgan fingerprint density at radius 3 is 2.69 bits per heavy atom. The summed E-state index contributed by atoms with van der Waals surface area (Å²) in [5, 5.41) is 17.9. The molecule has 1 aliphatic heterocycles. The van der Waals surface area contributed by atoms with Gasteiger partial charge in [-0.15, -0.1) is 0 Å². The second-order valence-corrected chi connectivity index (χ2v) is 3.71. The molecule has 0 unspecified atom stereocenters. The van der Waals surface area contributed by atoms with Crippen molar-refractivity contribution in [2.75, 3.05) is 46.4 Å². The maximum atomic E-state index is 9.15. The minimum Gasteiger partial charge on any atom is -0.396 e. The zero-order valence-corrected chi connectivity index (χ0v) is 8.32. The van der Waals surface area contributed by atoms with Gasteiger partial charge in [-0.1, -0.05) is 0 Å². The molecule has 1 saturated heterocycles. The van der Waals surface area contributed by atoms with Crippen molar-refractivity contribution in [2.45, 2.75) is 12.5 Å². The molecule has 1 fully saturated rings. The molecular formula is C9H20N2O2. The lowest BCUT2D eigenvalue weighted by Gasteiger charge is -2.39. The van der Waals surface area contributed by atoms with Crippen LogP contribution in [0, 0.1) is 0 Å². The molecule has 1 rings (SSSR count). The van der Waals surface area contributed by atoms with Crippen molar-refractivity contribution in [3.63, 3.8) is 0 Å². The first kappa shape index (κ1) is 10.9. The molecule has 0 aliphatic carbocycles. The predicted molar refractivity (Wildman–Crippen MR) is 51.6 cm³/mol. The lowest BCUT2D eigenvalue weighted by Crippen LogP contribution is -2.53. The van der Waals surface area contributed by atoms with Crippen molar-refractivity contribution in [1.82, 2.24) is 9.80 Å². The average Bonchev–Trinajstić information content (AvgIpc) is 2.16. The van der Waals surface area contributed by atoms with E-state index in [1.807, 2.05) is 0 Å². The molecule has 1 atom stereocenters. The van der Waals surface area contributed by atoms with Gasteiger partial charge in [-0.2, -0.15) is 0 Å². The smallest absolute Gasteiger partial charge is 0.0599 e. The molecule has 1 heterocycles. The second-order valence-electron chi connectivity index (χ2n) is 3.71. The summed E-state index contributed by atoms with van der Waals surface area (Å²) < 4.78 is 0. The molecule has 13 heavy (non-hydrogen) atoms. The van der Waals surface area contributed by atoms with E-state index in [2.05, 4.69) is 16.8 Å². The first-order valence-electron chi connectivity index (χ1n) is 4.92. The molecule has 4 nitrogen and oxygen atoms in total. The fourth-order valence-electron chi connectivity index (χ4n) is 1.79. The van der Waals surface area contributed by atoms with Crippen molar-refractivity contribution in [3.05, 3.63) is 0 Å². The summed E-state index contributed by atoms with van der Waals surface area (Å²) in [5.74, 6) is 0. The summed E-state index contributed by atoms with van der Waals surface area (Å²) >= 11 is 0. The highest BCUT2D eigenvalue weighted by atomic mass is 16.3. The van der Waals surface area contributed by atoms with E-state index in [0.29, 0.717) is 0 Å². The van der Waals surface area contributed by atoms with Crippen LogP contribution in [0.3, 0.4) is 0 Å². The number of piperazine rings is 1. The van der Waals surface area contributed by atoms with E-state index in [1.54, 1.807) is 0 Å². The van der Waals surface area contributed by atoms with Gasteiger partial charge < -0.3 is 15.1 Å². The van der Waals surface area contributed by atoms with Crippen LogP contribution in [0.5, 0.6) is 0 Å². The Labute approximate surface area is 79.8 Å². The van der Waals surface area contributed by atoms with Gasteiger partial charge in [-0.05, 0) is 13.5 Å². The largest absolute Gasteiger partial charge is 0.396 e. The lowest BCUT2D eigenvalue weighted by atomic mass is 10.2. The summed E-state index contributed by atoms with van der Waals surface area (Å²) in [5.41, 5.74) is 0. The number of hydrogen-bond donors (Lipinski definition) is 2. The SMILES string of the molecule is CN1CCN(CCCO)[C@@H](CO)C1. The molecule has 0 aromatic heterocycles. The maximum Gasteiger partial charge on any atom is 0.0599 e. The molecule has 0 saturated carbocycles. The van der Waals surface area contributed by atoms with E-state index in [0.717, 1.165) is 32.6 Å². The van der Waals surface area contributed by atoms with E-state index in [9.17, 15) is 0 Å². The van der Waals surface area contributed by atoms with Gasteiger partial charge in [0.2, 0.25) is 0 Å². The molecular weight excluding hydrogens is 168 g/mol. The van der Waals surface area contributed by atoms with E-state index in [-0.39, 0.29) is 19.3 Å². The lowest BCUT2D eigenvalue weighted by molar-refractivity contribution is 0.0471. The third-order valence-corrected chi connectivity index (χ3v) is 2.62. The van der Waals surface area contributed by atoms with Crippen molar-refractivity contribution >= 4 is 0 Å². The Hall–Kier alpha value is -0.160. The first-order chi connectivity index (χ1) is 6.27. The van der Waals surface area contributed by atoms with Crippen LogP contribution in [0.25, 0.3) is 0 Å². The number of aliphatic hydroxyl groups is 2. The molecule has 1 aliphatic rings. The van der Waals surface area contributed by atoms with Crippen LogP contribution in [0.4, 0.5) is 0 Å². The van der Waals surface area contributed by atoms with Crippen molar-refractivity contribution in [1.29, 1.82) is 0 Å². The van der Waals surface area contributed by atoms with E-state index in [1.165, 1.54) is 0 Å². The normalized spacial score (nSPS) is 26.5. The van der Waals surface area contributed by atoms with Crippen LogP contribution < -0.4 is 0 Å². The summed E-state index contributed by atoms with van der Waals surface area (Å²) in [6, 6.07) is 0.255. The van der Waals surface area contributed by atoms with Gasteiger partial charge in [0.1, 0.15) is 0 Å². The molecule has 0 radical (unpaired) electrons. The van der Waals surface area contributed by atoms with Crippen molar-refractivity contribution in [2.24, 2.45) is 0 Å². The molecule has 78 valence electrons. The first-order valence-corrected chi connectivity index (χ1v) is 4.92. The summed E-state index contributed by atoms with van der Waals surface area (Å²) in [6.45, 7) is 4.35. The zero-order chi connectivity index (χ0) is 9.68. The Kier molecular flexibility index (Phi) is 4.66. The molecule has 4 heteroatoms. The predicted octanol–water partition coefficient (Wildman–Crippen LogP) is -1.02. The monoisotopic (exact) mass is 188 g/mol. The quantitative estimate of drug-likeness (QED) is 0.593. The third-order valence-electron chi connectivity index (χ3n) is 2.62. The van der Waals surface area contributed by atoms with Gasteiger partial charge in [-0.3, -0.25) is 4.90 Å². The van der Waals surface area contributed by atoms with Crippen molar-refractivity contribution < 1.29 is 10.2 Å². The summed E-state index contributed by atoms with van der Waals surface area (Å²) in [7, 11) is 2.08. The average molecular weight is 188 g/mol. The Morgan fingerprint density at radius 1 is 1.31 bits per heavy atom. The fraction of sp³-hybridized carbons (Fsp3) is 1.00. The summed E-state index contributed by atoms with van der Waals surface area (Å²) in [4.78, 5) is 4.49. The van der Waals surface area contributed by atoms with Crippen LogP contribution >= 0.6 is 0 Å². The van der Waals surface area contributed by atoms with Crippen molar-refractivity contribution in [3.8, 4) is 0 Å². The minimum absolute atomic E-state index is 0.218. The van der Waals surface area contributed by atoms with E-state index in [4.69, 9.17) is 10.2 Å². The van der Waals surface area contributed by atoms with Crippen LogP contribution in [0.2, 0.25) is 0 Å². The number of rotatable bonds is 4. The Balaban J connectivity index is 2.33. The topological polar surface area (TPSA) is 46.9 Å². The molecule has 0 bridgehead atoms.